The molecule has 0 aliphatic carbocycles. The van der Waals surface area contributed by atoms with Gasteiger partial charge in [-0.25, -0.2) is 20.5 Å². The molecule has 35 heavy (non-hydrogen) atoms. The molecule has 3 aromatic heterocycles. The number of piperidine rings is 1. The van der Waals surface area contributed by atoms with Crippen LogP contribution in [0, 0.1) is 0 Å². The molecule has 1 aliphatic rings. The molecule has 0 saturated carbocycles. The second-order valence-electron chi connectivity index (χ2n) is 9.41. The maximum Gasteiger partial charge on any atom is 0.158 e. The Kier molecular flexibility index (Phi) is 6.29. The Hall–Kier alpha value is -3.67. The van der Waals surface area contributed by atoms with Gasteiger partial charge in [-0.2, -0.15) is 5.10 Å². The number of amidine groups is 1. The second kappa shape index (κ2) is 9.53. The van der Waals surface area contributed by atoms with E-state index < -0.39 is 0 Å². The van der Waals surface area contributed by atoms with E-state index in [1.54, 1.807) is 6.33 Å². The summed E-state index contributed by atoms with van der Waals surface area (Å²) in [5.74, 6) is 7.04. The van der Waals surface area contributed by atoms with Crippen molar-refractivity contribution >= 4 is 33.8 Å². The van der Waals surface area contributed by atoms with Crippen LogP contribution in [0.25, 0.3) is 16.4 Å². The van der Waals surface area contributed by atoms with Crippen molar-refractivity contribution in [2.24, 2.45) is 22.4 Å². The van der Waals surface area contributed by atoms with Gasteiger partial charge >= 0.3 is 0 Å². The topological polar surface area (TPSA) is 155 Å². The molecule has 184 valence electrons. The third-order valence-electron chi connectivity index (χ3n) is 6.52. The van der Waals surface area contributed by atoms with Gasteiger partial charge in [-0.3, -0.25) is 4.90 Å². The summed E-state index contributed by atoms with van der Waals surface area (Å²) in [7, 11) is 0. The standard InChI is InChI=1S/C24H33N11/c1-15(2)35(27)32-23(26)18-11-16-3-7-28-21(16)20(12-18)31-24-22-17(4-10-34(22)30-14-29-24)13-33-8-5-19(25)6-9-33/h3-4,7,10-12,14-15,19,28H,5-6,8-9,13,25,27H2,1-2H3,(H2,26,32)(H,29,30,31). The summed E-state index contributed by atoms with van der Waals surface area (Å²) in [4.78, 5) is 10.3. The number of likely N-dealkylation sites (tertiary alicyclic amines) is 1. The number of H-pyrrole nitrogens is 1. The van der Waals surface area contributed by atoms with Gasteiger partial charge in [0.2, 0.25) is 0 Å². The number of aromatic amines is 1. The van der Waals surface area contributed by atoms with Crippen LogP contribution in [0.15, 0.2) is 48.1 Å². The number of anilines is 2. The van der Waals surface area contributed by atoms with Gasteiger partial charge in [0, 0.05) is 35.9 Å². The van der Waals surface area contributed by atoms with Gasteiger partial charge in [-0.1, -0.05) is 0 Å². The van der Waals surface area contributed by atoms with Crippen LogP contribution < -0.4 is 22.6 Å². The SMILES string of the molecule is CC(C)N(N)/N=C(\N)c1cc(Nc2ncnn3ccc(CN4CCC(N)CC4)c23)c2[nH]ccc2c1. The van der Waals surface area contributed by atoms with Crippen molar-refractivity contribution in [1.82, 2.24) is 29.6 Å². The Morgan fingerprint density at radius 2 is 2.09 bits per heavy atom. The Bertz CT molecular complexity index is 1340. The van der Waals surface area contributed by atoms with Crippen molar-refractivity contribution in [3.8, 4) is 0 Å². The largest absolute Gasteiger partial charge is 0.382 e. The summed E-state index contributed by atoms with van der Waals surface area (Å²) >= 11 is 0. The van der Waals surface area contributed by atoms with Crippen LogP contribution in [0.2, 0.25) is 0 Å². The number of nitrogens with one attached hydrogen (secondary N) is 2. The fraction of sp³-hybridized carbons (Fsp3) is 0.375. The molecule has 11 nitrogen and oxygen atoms in total. The normalized spacial score (nSPS) is 16.0. The number of fused-ring (bicyclic) bond motifs is 2. The van der Waals surface area contributed by atoms with E-state index >= 15 is 0 Å². The smallest absolute Gasteiger partial charge is 0.158 e. The number of rotatable bonds is 7. The molecule has 1 fully saturated rings. The zero-order valence-electron chi connectivity index (χ0n) is 20.1. The predicted octanol–water partition coefficient (Wildman–Crippen LogP) is 2.08. The molecule has 0 radical (unpaired) electrons. The summed E-state index contributed by atoms with van der Waals surface area (Å²) in [6, 6.07) is 8.38. The van der Waals surface area contributed by atoms with Crippen LogP contribution in [0.3, 0.4) is 0 Å². The first kappa shape index (κ1) is 23.1. The highest BCUT2D eigenvalue weighted by Crippen LogP contribution is 2.30. The van der Waals surface area contributed by atoms with Crippen LogP contribution in [-0.4, -0.2) is 60.6 Å². The van der Waals surface area contributed by atoms with Crippen LogP contribution in [-0.2, 0) is 6.54 Å². The molecule has 11 heteroatoms. The Balaban J connectivity index is 1.50. The molecule has 4 aromatic rings. The molecular weight excluding hydrogens is 442 g/mol. The van der Waals surface area contributed by atoms with Crippen molar-refractivity contribution in [3.05, 3.63) is 54.1 Å². The van der Waals surface area contributed by atoms with Gasteiger partial charge in [0.15, 0.2) is 11.7 Å². The number of hydrogen-bond donors (Lipinski definition) is 5. The minimum atomic E-state index is 0.0277. The van der Waals surface area contributed by atoms with Crippen molar-refractivity contribution in [2.45, 2.75) is 45.3 Å². The minimum Gasteiger partial charge on any atom is -0.382 e. The number of nitrogens with zero attached hydrogens (tertiary/aromatic N) is 6. The molecule has 5 rings (SSSR count). The summed E-state index contributed by atoms with van der Waals surface area (Å²) < 4.78 is 1.86. The number of hydrazine groups is 1. The van der Waals surface area contributed by atoms with Crippen molar-refractivity contribution in [1.29, 1.82) is 0 Å². The highest BCUT2D eigenvalue weighted by molar-refractivity contribution is 6.05. The van der Waals surface area contributed by atoms with Gasteiger partial charge < -0.3 is 21.8 Å². The first-order valence-corrected chi connectivity index (χ1v) is 11.9. The van der Waals surface area contributed by atoms with E-state index in [0.717, 1.165) is 66.0 Å². The molecule has 0 bridgehead atoms. The maximum atomic E-state index is 6.31. The molecule has 0 spiro atoms. The third kappa shape index (κ3) is 4.78. The lowest BCUT2D eigenvalue weighted by molar-refractivity contribution is 0.206. The Morgan fingerprint density at radius 3 is 2.86 bits per heavy atom. The number of aromatic nitrogens is 4. The van der Waals surface area contributed by atoms with E-state index in [2.05, 4.69) is 36.5 Å². The molecule has 8 N–H and O–H groups in total. The second-order valence-corrected chi connectivity index (χ2v) is 9.41. The quantitative estimate of drug-likeness (QED) is 0.118. The van der Waals surface area contributed by atoms with Gasteiger partial charge in [0.25, 0.3) is 0 Å². The number of nitrogens with two attached hydrogens (primary N) is 3. The lowest BCUT2D eigenvalue weighted by atomic mass is 10.1. The molecule has 1 aromatic carbocycles. The van der Waals surface area contributed by atoms with Crippen LogP contribution in [0.5, 0.6) is 0 Å². The fourth-order valence-corrected chi connectivity index (χ4v) is 4.43. The van der Waals surface area contributed by atoms with E-state index in [1.807, 2.05) is 49.0 Å². The highest BCUT2D eigenvalue weighted by Gasteiger charge is 2.19. The van der Waals surface area contributed by atoms with Crippen molar-refractivity contribution < 1.29 is 0 Å². The zero-order chi connectivity index (χ0) is 24.5. The molecule has 0 amide bonds. The minimum absolute atomic E-state index is 0.0277. The summed E-state index contributed by atoms with van der Waals surface area (Å²) in [6.45, 7) is 6.71. The Labute approximate surface area is 203 Å². The lowest BCUT2D eigenvalue weighted by Gasteiger charge is -2.29. The monoisotopic (exact) mass is 475 g/mol. The average Bonchev–Trinajstić information content (AvgIpc) is 3.48. The zero-order valence-corrected chi connectivity index (χ0v) is 20.1. The van der Waals surface area contributed by atoms with Gasteiger partial charge in [-0.05, 0) is 69.6 Å². The fourth-order valence-electron chi connectivity index (χ4n) is 4.43. The van der Waals surface area contributed by atoms with E-state index in [1.165, 1.54) is 10.7 Å². The summed E-state index contributed by atoms with van der Waals surface area (Å²) in [5, 5.41) is 14.6. The van der Waals surface area contributed by atoms with E-state index in [4.69, 9.17) is 17.3 Å². The van der Waals surface area contributed by atoms with E-state index in [0.29, 0.717) is 11.9 Å². The molecule has 0 atom stereocenters. The molecule has 1 saturated heterocycles. The number of hydrazone groups is 1. The average molecular weight is 476 g/mol. The highest BCUT2D eigenvalue weighted by atomic mass is 15.6. The van der Waals surface area contributed by atoms with Gasteiger partial charge in [-0.15, -0.1) is 5.10 Å². The first-order valence-electron chi connectivity index (χ1n) is 11.9. The van der Waals surface area contributed by atoms with Crippen LogP contribution >= 0.6 is 0 Å². The number of hydrogen-bond acceptors (Lipinski definition) is 8. The molecular formula is C24H33N11. The lowest BCUT2D eigenvalue weighted by Crippen LogP contribution is -2.39. The molecule has 0 unspecified atom stereocenters. The van der Waals surface area contributed by atoms with Gasteiger partial charge in [0.1, 0.15) is 11.8 Å². The molecule has 4 heterocycles. The van der Waals surface area contributed by atoms with E-state index in [-0.39, 0.29) is 6.04 Å². The number of benzene rings is 1. The third-order valence-corrected chi connectivity index (χ3v) is 6.52. The van der Waals surface area contributed by atoms with Crippen LogP contribution in [0.1, 0.15) is 37.8 Å². The first-order chi connectivity index (χ1) is 16.9. The predicted molar refractivity (Wildman–Crippen MR) is 139 cm³/mol. The maximum absolute atomic E-state index is 6.31. The van der Waals surface area contributed by atoms with Gasteiger partial charge in [0.05, 0.1) is 17.2 Å². The summed E-state index contributed by atoms with van der Waals surface area (Å²) in [6.07, 6.45) is 7.46. The Morgan fingerprint density at radius 1 is 1.29 bits per heavy atom. The van der Waals surface area contributed by atoms with Crippen molar-refractivity contribution in [2.75, 3.05) is 18.4 Å². The van der Waals surface area contributed by atoms with E-state index in [9.17, 15) is 0 Å². The van der Waals surface area contributed by atoms with Crippen molar-refractivity contribution in [3.63, 3.8) is 0 Å². The molecule has 1 aliphatic heterocycles. The van der Waals surface area contributed by atoms with Crippen LogP contribution in [0.4, 0.5) is 11.5 Å². The summed E-state index contributed by atoms with van der Waals surface area (Å²) in [5.41, 5.74) is 17.1.